The van der Waals surface area contributed by atoms with Gasteiger partial charge in [-0.3, -0.25) is 5.10 Å². The van der Waals surface area contributed by atoms with E-state index in [0.29, 0.717) is 24.1 Å². The Kier molecular flexibility index (Phi) is 3.98. The Morgan fingerprint density at radius 1 is 1.39 bits per heavy atom. The number of aliphatic hydroxyl groups is 1. The number of β-amino-alcohol motifs (C(OH)–C–C–N with tert-alkyl or cyclic N) is 1. The van der Waals surface area contributed by atoms with Gasteiger partial charge in [0.1, 0.15) is 5.82 Å². The van der Waals surface area contributed by atoms with Crippen LogP contribution in [0.5, 0.6) is 0 Å². The van der Waals surface area contributed by atoms with Crippen molar-refractivity contribution in [1.82, 2.24) is 25.5 Å². The topological polar surface area (TPSA) is 139 Å². The first-order chi connectivity index (χ1) is 11.0. The molecule has 1 aliphatic heterocycles. The first-order valence-electron chi connectivity index (χ1n) is 7.06. The zero-order chi connectivity index (χ0) is 16.4. The lowest BCUT2D eigenvalue weighted by atomic mass is 10.2. The van der Waals surface area contributed by atoms with Crippen molar-refractivity contribution in [3.8, 4) is 0 Å². The molecule has 5 N–H and O–H groups in total. The van der Waals surface area contributed by atoms with Crippen molar-refractivity contribution < 1.29 is 15.0 Å². The van der Waals surface area contributed by atoms with Crippen LogP contribution >= 0.6 is 0 Å². The van der Waals surface area contributed by atoms with E-state index in [1.54, 1.807) is 23.2 Å². The third kappa shape index (κ3) is 3.48. The predicted molar refractivity (Wildman–Crippen MR) is 81.8 cm³/mol. The van der Waals surface area contributed by atoms with Gasteiger partial charge in [-0.15, -0.1) is 0 Å². The van der Waals surface area contributed by atoms with Gasteiger partial charge in [-0.25, -0.2) is 9.78 Å². The smallest absolute Gasteiger partial charge is 0.405 e. The molecule has 0 aromatic carbocycles. The molecule has 0 saturated carbocycles. The minimum absolute atomic E-state index is 0.260. The average Bonchev–Trinajstić information content (AvgIpc) is 3.08. The van der Waals surface area contributed by atoms with Gasteiger partial charge in [0.25, 0.3) is 0 Å². The van der Waals surface area contributed by atoms with Crippen molar-refractivity contribution in [3.05, 3.63) is 24.0 Å². The monoisotopic (exact) mass is 319 g/mol. The summed E-state index contributed by atoms with van der Waals surface area (Å²) in [5, 5.41) is 30.8. The quantitative estimate of drug-likeness (QED) is 0.533. The van der Waals surface area contributed by atoms with Gasteiger partial charge in [-0.2, -0.15) is 10.1 Å². The summed E-state index contributed by atoms with van der Waals surface area (Å²) < 4.78 is 0. The molecule has 0 spiro atoms. The fourth-order valence-corrected chi connectivity index (χ4v) is 2.47. The van der Waals surface area contributed by atoms with Crippen LogP contribution in [0.1, 0.15) is 5.69 Å². The van der Waals surface area contributed by atoms with Crippen LogP contribution in [0.2, 0.25) is 0 Å². The van der Waals surface area contributed by atoms with E-state index in [-0.39, 0.29) is 6.54 Å². The summed E-state index contributed by atoms with van der Waals surface area (Å²) in [7, 11) is 0. The average molecular weight is 319 g/mol. The van der Waals surface area contributed by atoms with Crippen LogP contribution in [0.15, 0.2) is 18.3 Å². The van der Waals surface area contributed by atoms with Crippen molar-refractivity contribution in [3.63, 3.8) is 0 Å². The number of nitrogens with zero attached hydrogens (tertiary/aromatic N) is 4. The van der Waals surface area contributed by atoms with Gasteiger partial charge in [0, 0.05) is 37.1 Å². The minimum Gasteiger partial charge on any atom is -0.465 e. The molecule has 0 unspecified atom stereocenters. The number of carbonyl (C=O) groups is 1. The molecule has 10 nitrogen and oxygen atoms in total. The molecule has 2 atom stereocenters. The summed E-state index contributed by atoms with van der Waals surface area (Å²) in [6.45, 7) is 2.40. The molecule has 2 aromatic heterocycles. The summed E-state index contributed by atoms with van der Waals surface area (Å²) in [6, 6.07) is 2.97. The van der Waals surface area contributed by atoms with Crippen LogP contribution in [0.4, 0.5) is 22.4 Å². The highest BCUT2D eigenvalue weighted by molar-refractivity contribution is 5.65. The fraction of sp³-hybridized carbons (Fsp3) is 0.385. The van der Waals surface area contributed by atoms with E-state index in [1.165, 1.54) is 0 Å². The van der Waals surface area contributed by atoms with E-state index in [0.717, 1.165) is 5.69 Å². The van der Waals surface area contributed by atoms with E-state index >= 15 is 0 Å². The number of anilines is 3. The van der Waals surface area contributed by atoms with Crippen LogP contribution in [0, 0.1) is 6.92 Å². The van der Waals surface area contributed by atoms with E-state index < -0.39 is 18.2 Å². The number of aliphatic hydroxyl groups excluding tert-OH is 1. The molecule has 1 aliphatic rings. The van der Waals surface area contributed by atoms with E-state index in [9.17, 15) is 9.90 Å². The molecule has 0 aliphatic carbocycles. The maximum atomic E-state index is 10.7. The number of amides is 1. The number of nitrogens with one attached hydrogen (secondary N) is 3. The van der Waals surface area contributed by atoms with Gasteiger partial charge in [0.2, 0.25) is 5.95 Å². The van der Waals surface area contributed by atoms with Gasteiger partial charge in [0.15, 0.2) is 5.82 Å². The molecule has 1 amide bonds. The zero-order valence-electron chi connectivity index (χ0n) is 12.4. The number of carboxylic acid groups (broad SMARTS) is 1. The third-order valence-corrected chi connectivity index (χ3v) is 3.48. The molecule has 3 rings (SSSR count). The molecular weight excluding hydrogens is 302 g/mol. The molecule has 23 heavy (non-hydrogen) atoms. The highest BCUT2D eigenvalue weighted by Gasteiger charge is 2.34. The summed E-state index contributed by atoms with van der Waals surface area (Å²) in [5.74, 6) is 1.63. The highest BCUT2D eigenvalue weighted by atomic mass is 16.4. The van der Waals surface area contributed by atoms with Gasteiger partial charge in [-0.05, 0) is 6.92 Å². The van der Waals surface area contributed by atoms with E-state index in [1.807, 2.05) is 6.92 Å². The summed E-state index contributed by atoms with van der Waals surface area (Å²) >= 11 is 0. The number of rotatable bonds is 4. The van der Waals surface area contributed by atoms with Crippen molar-refractivity contribution in [2.75, 3.05) is 23.3 Å². The summed E-state index contributed by atoms with van der Waals surface area (Å²) in [4.78, 5) is 21.2. The zero-order valence-corrected chi connectivity index (χ0v) is 12.4. The molecule has 2 aromatic rings. The summed E-state index contributed by atoms with van der Waals surface area (Å²) in [6.07, 6.45) is -0.282. The van der Waals surface area contributed by atoms with Crippen LogP contribution in [-0.4, -0.2) is 61.7 Å². The van der Waals surface area contributed by atoms with Crippen LogP contribution in [0.3, 0.4) is 0 Å². The van der Waals surface area contributed by atoms with Crippen molar-refractivity contribution >= 4 is 23.7 Å². The normalized spacial score (nSPS) is 20.5. The number of hydrogen-bond donors (Lipinski definition) is 5. The molecule has 3 heterocycles. The molecular formula is C13H17N7O3. The predicted octanol–water partition coefficient (Wildman–Crippen LogP) is 0.0688. The lowest BCUT2D eigenvalue weighted by Crippen LogP contribution is -2.42. The maximum Gasteiger partial charge on any atom is 0.405 e. The van der Waals surface area contributed by atoms with Gasteiger partial charge >= 0.3 is 6.09 Å². The maximum absolute atomic E-state index is 10.7. The Morgan fingerprint density at radius 2 is 2.22 bits per heavy atom. The van der Waals surface area contributed by atoms with Crippen LogP contribution in [0.25, 0.3) is 0 Å². The second kappa shape index (κ2) is 6.08. The second-order valence-electron chi connectivity index (χ2n) is 5.31. The second-order valence-corrected chi connectivity index (χ2v) is 5.31. The Morgan fingerprint density at radius 3 is 2.91 bits per heavy atom. The number of hydrogen-bond acceptors (Lipinski definition) is 7. The van der Waals surface area contributed by atoms with Gasteiger partial charge in [0.05, 0.1) is 12.1 Å². The minimum atomic E-state index is -1.16. The highest BCUT2D eigenvalue weighted by Crippen LogP contribution is 2.21. The Hall–Kier alpha value is -2.88. The molecule has 0 radical (unpaired) electrons. The Labute approximate surface area is 131 Å². The van der Waals surface area contributed by atoms with Crippen molar-refractivity contribution in [2.24, 2.45) is 0 Å². The van der Waals surface area contributed by atoms with Crippen LogP contribution in [-0.2, 0) is 0 Å². The fourth-order valence-electron chi connectivity index (χ4n) is 2.47. The van der Waals surface area contributed by atoms with E-state index in [4.69, 9.17) is 5.11 Å². The lowest BCUT2D eigenvalue weighted by molar-refractivity contribution is 0.148. The van der Waals surface area contributed by atoms with Gasteiger partial charge < -0.3 is 25.7 Å². The van der Waals surface area contributed by atoms with E-state index in [2.05, 4.69) is 30.8 Å². The number of aromatic amines is 1. The lowest BCUT2D eigenvalue weighted by Gasteiger charge is -2.17. The number of H-pyrrole nitrogens is 1. The molecule has 1 fully saturated rings. The molecule has 122 valence electrons. The SMILES string of the molecule is Cc1cc(Nc2cc[nH]n2)nc(N2C[C@H](O)[C@H](NC(=O)O)C2)n1. The third-order valence-electron chi connectivity index (χ3n) is 3.48. The largest absolute Gasteiger partial charge is 0.465 e. The van der Waals surface area contributed by atoms with Crippen molar-refractivity contribution in [2.45, 2.75) is 19.1 Å². The van der Waals surface area contributed by atoms with Crippen molar-refractivity contribution in [1.29, 1.82) is 0 Å². The Bertz CT molecular complexity index is 691. The number of aromatic nitrogens is 4. The Balaban J connectivity index is 1.77. The summed E-state index contributed by atoms with van der Waals surface area (Å²) in [5.41, 5.74) is 0.747. The van der Waals surface area contributed by atoms with Gasteiger partial charge in [-0.1, -0.05) is 0 Å². The number of aryl methyl sites for hydroxylation is 1. The standard InChI is InChI=1S/C13H17N7O3/c1-7-4-11(17-10-2-3-14-19-10)18-12(15-7)20-5-8(9(21)6-20)16-13(22)23/h2-4,8-9,16,21H,5-6H2,1H3,(H,22,23)(H2,14,15,17,18,19)/t8-,9+/m1/s1. The molecule has 10 heteroatoms. The molecule has 0 bridgehead atoms. The van der Waals surface area contributed by atoms with Crippen LogP contribution < -0.4 is 15.5 Å². The first kappa shape index (κ1) is 15.0. The first-order valence-corrected chi connectivity index (χ1v) is 7.06. The molecule has 1 saturated heterocycles.